The van der Waals surface area contributed by atoms with E-state index in [1.165, 1.54) is 30.3 Å². The standard InChI is InChI=1S/C29H30N2O11S2/c1-15(32)38-14-23-24(39-16(2)33)25(40-17(3)34)26(41-18(4)35)28(42-23)44-29-30-22(13-21-7-6-12-43-21)27(36)31(29)19-8-10-20(37-5)11-9-19/h6-13,23-26,28H,14H2,1-5H3/b22-13-/t23-,24+,25-,26-,28+/m1/s1. The van der Waals surface area contributed by atoms with Gasteiger partial charge in [-0.3, -0.25) is 28.9 Å². The van der Waals surface area contributed by atoms with Crippen LogP contribution in [0.1, 0.15) is 32.6 Å². The van der Waals surface area contributed by atoms with Crippen molar-refractivity contribution < 1.29 is 52.4 Å². The fourth-order valence-corrected chi connectivity index (χ4v) is 6.28. The van der Waals surface area contributed by atoms with Gasteiger partial charge < -0.3 is 28.4 Å². The first-order valence-corrected chi connectivity index (χ1v) is 15.0. The number of carbonyl (C=O) groups is 5. The third-order valence-corrected chi connectivity index (χ3v) is 8.07. The van der Waals surface area contributed by atoms with E-state index in [9.17, 15) is 24.0 Å². The van der Waals surface area contributed by atoms with Crippen LogP contribution in [0.3, 0.4) is 0 Å². The zero-order valence-electron chi connectivity index (χ0n) is 24.4. The second-order valence-electron chi connectivity index (χ2n) is 9.46. The second kappa shape index (κ2) is 14.5. The van der Waals surface area contributed by atoms with Crippen LogP contribution in [-0.2, 0) is 47.7 Å². The molecule has 1 saturated heterocycles. The van der Waals surface area contributed by atoms with Gasteiger partial charge in [0.05, 0.1) is 12.8 Å². The molecule has 13 nitrogen and oxygen atoms in total. The lowest BCUT2D eigenvalue weighted by molar-refractivity contribution is -0.237. The minimum Gasteiger partial charge on any atom is -0.497 e. The molecule has 0 saturated carbocycles. The fraction of sp³-hybridized carbons (Fsp3) is 0.379. The summed E-state index contributed by atoms with van der Waals surface area (Å²) in [7, 11) is 1.52. The van der Waals surface area contributed by atoms with Crippen LogP contribution in [0.2, 0.25) is 0 Å². The number of ether oxygens (including phenoxy) is 6. The Morgan fingerprint density at radius 2 is 1.57 bits per heavy atom. The van der Waals surface area contributed by atoms with Crippen LogP contribution in [0, 0.1) is 0 Å². The predicted molar refractivity (Wildman–Crippen MR) is 160 cm³/mol. The maximum atomic E-state index is 13.7. The number of nitrogens with zero attached hydrogens (tertiary/aromatic N) is 2. The zero-order valence-corrected chi connectivity index (χ0v) is 26.0. The number of amides is 1. The highest BCUT2D eigenvalue weighted by atomic mass is 32.2. The van der Waals surface area contributed by atoms with E-state index in [4.69, 9.17) is 28.4 Å². The van der Waals surface area contributed by atoms with Crippen molar-refractivity contribution in [3.63, 3.8) is 0 Å². The summed E-state index contributed by atoms with van der Waals surface area (Å²) in [5.74, 6) is -2.73. The monoisotopic (exact) mass is 646 g/mol. The summed E-state index contributed by atoms with van der Waals surface area (Å²) in [6.07, 6.45) is -3.51. The van der Waals surface area contributed by atoms with Gasteiger partial charge in [-0.2, -0.15) is 0 Å². The molecule has 1 aromatic heterocycles. The number of amidine groups is 1. The summed E-state index contributed by atoms with van der Waals surface area (Å²) in [5.41, 5.74) is -0.581. The van der Waals surface area contributed by atoms with Crippen LogP contribution in [0.25, 0.3) is 6.08 Å². The molecule has 0 radical (unpaired) electrons. The summed E-state index contributed by atoms with van der Waals surface area (Å²) in [6.45, 7) is 4.24. The minimum atomic E-state index is -1.36. The van der Waals surface area contributed by atoms with E-state index in [1.807, 2.05) is 17.5 Å². The number of hydrogen-bond acceptors (Lipinski definition) is 14. The zero-order chi connectivity index (χ0) is 32.0. The molecule has 0 spiro atoms. The van der Waals surface area contributed by atoms with Gasteiger partial charge in [0.2, 0.25) is 0 Å². The van der Waals surface area contributed by atoms with Crippen LogP contribution in [-0.4, -0.2) is 78.5 Å². The molecule has 15 heteroatoms. The topological polar surface area (TPSA) is 156 Å². The molecule has 5 atom stereocenters. The maximum Gasteiger partial charge on any atom is 0.303 e. The second-order valence-corrected chi connectivity index (χ2v) is 11.5. The largest absolute Gasteiger partial charge is 0.497 e. The summed E-state index contributed by atoms with van der Waals surface area (Å²) < 4.78 is 33.2. The normalized spacial score (nSPS) is 24.0. The molecule has 2 aliphatic rings. The average molecular weight is 647 g/mol. The highest BCUT2D eigenvalue weighted by molar-refractivity contribution is 8.14. The van der Waals surface area contributed by atoms with Gasteiger partial charge in [-0.25, -0.2) is 4.99 Å². The number of methoxy groups -OCH3 is 1. The number of thioether (sulfide) groups is 1. The Morgan fingerprint density at radius 1 is 0.932 bits per heavy atom. The molecule has 1 aromatic carbocycles. The lowest BCUT2D eigenvalue weighted by Gasteiger charge is -2.44. The average Bonchev–Trinajstić information content (AvgIpc) is 3.58. The van der Waals surface area contributed by atoms with Gasteiger partial charge in [-0.05, 0) is 41.8 Å². The number of thiophene rings is 1. The van der Waals surface area contributed by atoms with Crippen LogP contribution < -0.4 is 9.64 Å². The van der Waals surface area contributed by atoms with Gasteiger partial charge in [0.15, 0.2) is 28.9 Å². The fourth-order valence-electron chi connectivity index (χ4n) is 4.43. The van der Waals surface area contributed by atoms with Crippen molar-refractivity contribution in [2.24, 2.45) is 4.99 Å². The smallest absolute Gasteiger partial charge is 0.303 e. The molecule has 0 bridgehead atoms. The summed E-state index contributed by atoms with van der Waals surface area (Å²) in [6, 6.07) is 10.4. The Kier molecular flexibility index (Phi) is 10.8. The first-order valence-electron chi connectivity index (χ1n) is 13.3. The Bertz CT molecular complexity index is 1460. The molecule has 2 aromatic rings. The molecule has 0 N–H and O–H groups in total. The van der Waals surface area contributed by atoms with Gasteiger partial charge in [0.25, 0.3) is 5.91 Å². The van der Waals surface area contributed by atoms with E-state index in [2.05, 4.69) is 4.99 Å². The molecule has 234 valence electrons. The number of esters is 4. The van der Waals surface area contributed by atoms with Crippen molar-refractivity contribution >= 4 is 69.8 Å². The number of hydrogen-bond donors (Lipinski definition) is 0. The molecule has 3 heterocycles. The number of aliphatic imine (C=N–C) groups is 1. The van der Waals surface area contributed by atoms with Gasteiger partial charge in [-0.1, -0.05) is 17.8 Å². The maximum absolute atomic E-state index is 13.7. The molecular weight excluding hydrogens is 616 g/mol. The number of anilines is 1. The van der Waals surface area contributed by atoms with Crippen molar-refractivity contribution in [2.45, 2.75) is 57.5 Å². The van der Waals surface area contributed by atoms with Gasteiger partial charge >= 0.3 is 23.9 Å². The molecule has 44 heavy (non-hydrogen) atoms. The Labute approximate surface area is 261 Å². The van der Waals surface area contributed by atoms with Crippen molar-refractivity contribution in [3.8, 4) is 5.75 Å². The Hall–Kier alpha value is -4.21. The first-order chi connectivity index (χ1) is 21.0. The molecule has 1 amide bonds. The highest BCUT2D eigenvalue weighted by Gasteiger charge is 2.53. The van der Waals surface area contributed by atoms with E-state index in [0.717, 1.165) is 37.4 Å². The summed E-state index contributed by atoms with van der Waals surface area (Å²) >= 11 is 2.34. The Morgan fingerprint density at radius 3 is 2.14 bits per heavy atom. The third kappa shape index (κ3) is 8.03. The third-order valence-electron chi connectivity index (χ3n) is 6.15. The predicted octanol–water partition coefficient (Wildman–Crippen LogP) is 3.32. The van der Waals surface area contributed by atoms with Crippen LogP contribution in [0.15, 0.2) is 52.5 Å². The molecule has 1 fully saturated rings. The van der Waals surface area contributed by atoms with Gasteiger partial charge in [0, 0.05) is 32.6 Å². The molecule has 0 aliphatic carbocycles. The van der Waals surface area contributed by atoms with Gasteiger partial charge in [-0.15, -0.1) is 11.3 Å². The lowest BCUT2D eigenvalue weighted by Crippen LogP contribution is -2.61. The van der Waals surface area contributed by atoms with Crippen LogP contribution >= 0.6 is 23.1 Å². The van der Waals surface area contributed by atoms with E-state index < -0.39 is 59.6 Å². The number of rotatable bonds is 9. The van der Waals surface area contributed by atoms with E-state index in [1.54, 1.807) is 30.3 Å². The lowest BCUT2D eigenvalue weighted by atomic mass is 9.99. The molecular formula is C29H30N2O11S2. The molecule has 2 aliphatic heterocycles. The van der Waals surface area contributed by atoms with Crippen molar-refractivity contribution in [3.05, 3.63) is 52.4 Å². The molecule has 4 rings (SSSR count). The quantitative estimate of drug-likeness (QED) is 0.223. The van der Waals surface area contributed by atoms with E-state index >= 15 is 0 Å². The SMILES string of the molecule is COc1ccc(N2C(=O)/C(=C/c3cccs3)N=C2S[C@@H]2O[C@H](COC(C)=O)[C@H](OC(C)=O)[C@@H](OC(C)=O)[C@H]2OC(C)=O)cc1. The van der Waals surface area contributed by atoms with Gasteiger partial charge in [0.1, 0.15) is 24.2 Å². The highest BCUT2D eigenvalue weighted by Crippen LogP contribution is 2.39. The van der Waals surface area contributed by atoms with Crippen molar-refractivity contribution in [2.75, 3.05) is 18.6 Å². The van der Waals surface area contributed by atoms with E-state index in [0.29, 0.717) is 11.4 Å². The van der Waals surface area contributed by atoms with Crippen LogP contribution in [0.5, 0.6) is 5.75 Å². The van der Waals surface area contributed by atoms with Crippen LogP contribution in [0.4, 0.5) is 5.69 Å². The minimum absolute atomic E-state index is 0.136. The summed E-state index contributed by atoms with van der Waals surface area (Å²) in [4.78, 5) is 68.6. The number of benzene rings is 1. The Balaban J connectivity index is 1.78. The van der Waals surface area contributed by atoms with Crippen molar-refractivity contribution in [1.29, 1.82) is 0 Å². The summed E-state index contributed by atoms with van der Waals surface area (Å²) in [5, 5.41) is 2.02. The number of carbonyl (C=O) groups excluding carboxylic acids is 5. The van der Waals surface area contributed by atoms with E-state index in [-0.39, 0.29) is 17.5 Å². The first kappa shape index (κ1) is 32.7. The van der Waals surface area contributed by atoms with Crippen molar-refractivity contribution in [1.82, 2.24) is 0 Å². The molecule has 0 unspecified atom stereocenters.